The Hall–Kier alpha value is -3.06. The summed E-state index contributed by atoms with van der Waals surface area (Å²) in [6.07, 6.45) is 0. The molecule has 0 aliphatic rings. The van der Waals surface area contributed by atoms with Gasteiger partial charge in [-0.05, 0) is 60.0 Å². The molecule has 6 heteroatoms. The molecule has 0 saturated carbocycles. The monoisotopic (exact) mass is 351 g/mol. The predicted octanol–water partition coefficient (Wildman–Crippen LogP) is 2.80. The van der Waals surface area contributed by atoms with Crippen LogP contribution in [-0.4, -0.2) is 0 Å². The molecule has 0 heterocycles. The Labute approximate surface area is 151 Å². The van der Waals surface area contributed by atoms with Crippen LogP contribution < -0.4 is 32.2 Å². The number of rotatable bonds is 6. The zero-order chi connectivity index (χ0) is 18.6. The van der Waals surface area contributed by atoms with E-state index in [1.54, 1.807) is 0 Å². The second kappa shape index (κ2) is 7.45. The Kier molecular flexibility index (Phi) is 5.09. The molecule has 3 aromatic carbocycles. The number of nitrogens with two attached hydrogens (primary N) is 3. The van der Waals surface area contributed by atoms with Gasteiger partial charge in [-0.25, -0.2) is 0 Å². The van der Waals surface area contributed by atoms with E-state index in [9.17, 15) is 0 Å². The van der Waals surface area contributed by atoms with Crippen molar-refractivity contribution in [3.63, 3.8) is 0 Å². The van der Waals surface area contributed by atoms with Crippen LogP contribution in [0.1, 0.15) is 23.6 Å². The Bertz CT molecular complexity index is 731. The Morgan fingerprint density at radius 2 is 0.731 bits per heavy atom. The molecule has 6 N–H and O–H groups in total. The van der Waals surface area contributed by atoms with Gasteiger partial charge >= 0.3 is 0 Å². The highest BCUT2D eigenvalue weighted by molar-refractivity contribution is 5.52. The maximum Gasteiger partial charge on any atom is 0.146 e. The van der Waals surface area contributed by atoms with Crippen molar-refractivity contribution in [3.8, 4) is 17.2 Å². The maximum atomic E-state index is 5.24. The molecule has 3 aromatic rings. The molecule has 0 aromatic heterocycles. The first-order valence-electron chi connectivity index (χ1n) is 8.03. The molecular weight excluding hydrogens is 330 g/mol. The van der Waals surface area contributed by atoms with Gasteiger partial charge in [0.25, 0.3) is 0 Å². The van der Waals surface area contributed by atoms with E-state index in [0.29, 0.717) is 17.2 Å². The molecule has 0 spiro atoms. The molecule has 6 nitrogen and oxygen atoms in total. The van der Waals surface area contributed by atoms with E-state index in [-0.39, 0.29) is 0 Å². The molecule has 0 fully saturated rings. The first kappa shape index (κ1) is 17.8. The minimum atomic E-state index is -0.437. The van der Waals surface area contributed by atoms with E-state index in [1.165, 1.54) is 0 Å². The molecule has 0 radical (unpaired) electrons. The topological polar surface area (TPSA) is 106 Å². The highest BCUT2D eigenvalue weighted by atomic mass is 16.6. The lowest BCUT2D eigenvalue weighted by molar-refractivity contribution is 0.334. The zero-order valence-electron chi connectivity index (χ0n) is 14.4. The molecule has 0 amide bonds. The summed E-state index contributed by atoms with van der Waals surface area (Å²) in [6.45, 7) is 2.14. The van der Waals surface area contributed by atoms with Gasteiger partial charge in [-0.1, -0.05) is 36.4 Å². The van der Waals surface area contributed by atoms with Crippen molar-refractivity contribution in [1.82, 2.24) is 0 Å². The van der Waals surface area contributed by atoms with Crippen LogP contribution in [0, 0.1) is 0 Å². The molecule has 134 valence electrons. The van der Waals surface area contributed by atoms with Crippen molar-refractivity contribution >= 4 is 0 Å². The summed E-state index contributed by atoms with van der Waals surface area (Å²) in [5.41, 5.74) is 2.77. The van der Waals surface area contributed by atoms with Gasteiger partial charge in [0.05, 0.1) is 0 Å². The average Bonchev–Trinajstić information content (AvgIpc) is 2.73. The van der Waals surface area contributed by atoms with Gasteiger partial charge in [0.2, 0.25) is 0 Å². The van der Waals surface area contributed by atoms with Crippen molar-refractivity contribution < 1.29 is 14.5 Å². The summed E-state index contributed by atoms with van der Waals surface area (Å²) in [7, 11) is 0. The van der Waals surface area contributed by atoms with Gasteiger partial charge in [0.1, 0.15) is 17.2 Å². The summed E-state index contributed by atoms with van der Waals surface area (Å²) in [6, 6.07) is 22.9. The van der Waals surface area contributed by atoms with Gasteiger partial charge in [-0.3, -0.25) is 0 Å². The van der Waals surface area contributed by atoms with Gasteiger partial charge in [0.15, 0.2) is 0 Å². The molecule has 0 atom stereocenters. The molecule has 0 unspecified atom stereocenters. The third-order valence-corrected chi connectivity index (χ3v) is 4.70. The number of hydrogen-bond donors (Lipinski definition) is 3. The maximum absolute atomic E-state index is 5.24. The normalized spacial score (nSPS) is 11.1. The predicted molar refractivity (Wildman–Crippen MR) is 99.3 cm³/mol. The summed E-state index contributed by atoms with van der Waals surface area (Å²) in [5.74, 6) is 17.5. The van der Waals surface area contributed by atoms with Gasteiger partial charge in [-0.2, -0.15) is 17.7 Å². The highest BCUT2D eigenvalue weighted by Gasteiger charge is 2.31. The summed E-state index contributed by atoms with van der Waals surface area (Å²) >= 11 is 0. The van der Waals surface area contributed by atoms with Crippen molar-refractivity contribution in [1.29, 1.82) is 0 Å². The third-order valence-electron chi connectivity index (χ3n) is 4.70. The number of hydrogen-bond acceptors (Lipinski definition) is 6. The lowest BCUT2D eigenvalue weighted by Gasteiger charge is -2.32. The Morgan fingerprint density at radius 3 is 0.923 bits per heavy atom. The van der Waals surface area contributed by atoms with Crippen LogP contribution in [0.15, 0.2) is 72.8 Å². The van der Waals surface area contributed by atoms with Crippen LogP contribution in [0.4, 0.5) is 0 Å². The second-order valence-electron chi connectivity index (χ2n) is 6.05. The van der Waals surface area contributed by atoms with E-state index in [2.05, 4.69) is 6.92 Å². The van der Waals surface area contributed by atoms with E-state index in [4.69, 9.17) is 32.2 Å². The largest absolute Gasteiger partial charge is 0.412 e. The molecule has 26 heavy (non-hydrogen) atoms. The summed E-state index contributed by atoms with van der Waals surface area (Å²) < 4.78 is 0. The standard InChI is InChI=1S/C20H21N3O3/c1-20(14-2-8-17(24-21)9-3-14,15-4-10-18(25-22)11-5-15)16-6-12-19(26-23)13-7-16/h2-13H,21-23H2,1H3. The third kappa shape index (κ3) is 3.21. The van der Waals surface area contributed by atoms with Crippen LogP contribution in [0.5, 0.6) is 17.2 Å². The average molecular weight is 351 g/mol. The molecular formula is C20H21N3O3. The lowest BCUT2D eigenvalue weighted by Crippen LogP contribution is -2.25. The van der Waals surface area contributed by atoms with Crippen LogP contribution in [0.3, 0.4) is 0 Å². The fraction of sp³-hybridized carbons (Fsp3) is 0.100. The molecule has 0 aliphatic carbocycles. The minimum absolute atomic E-state index is 0.437. The van der Waals surface area contributed by atoms with Crippen LogP contribution >= 0.6 is 0 Å². The van der Waals surface area contributed by atoms with Crippen molar-refractivity contribution in [2.45, 2.75) is 12.3 Å². The van der Waals surface area contributed by atoms with Crippen LogP contribution in [0.25, 0.3) is 0 Å². The molecule has 0 saturated heterocycles. The van der Waals surface area contributed by atoms with Gasteiger partial charge < -0.3 is 14.5 Å². The highest BCUT2D eigenvalue weighted by Crippen LogP contribution is 2.40. The molecule has 0 aliphatic heterocycles. The summed E-state index contributed by atoms with van der Waals surface area (Å²) in [4.78, 5) is 14.4. The summed E-state index contributed by atoms with van der Waals surface area (Å²) in [5, 5.41) is 0. The second-order valence-corrected chi connectivity index (χ2v) is 6.05. The fourth-order valence-electron chi connectivity index (χ4n) is 3.10. The quantitative estimate of drug-likeness (QED) is 0.466. The smallest absolute Gasteiger partial charge is 0.146 e. The van der Waals surface area contributed by atoms with Crippen LogP contribution in [0.2, 0.25) is 0 Å². The van der Waals surface area contributed by atoms with Crippen molar-refractivity contribution in [3.05, 3.63) is 89.5 Å². The SMILES string of the molecule is CC(c1ccc(ON)cc1)(c1ccc(ON)cc1)c1ccc(ON)cc1. The van der Waals surface area contributed by atoms with Crippen LogP contribution in [-0.2, 0) is 5.41 Å². The van der Waals surface area contributed by atoms with E-state index >= 15 is 0 Å². The minimum Gasteiger partial charge on any atom is -0.412 e. The lowest BCUT2D eigenvalue weighted by atomic mass is 9.71. The van der Waals surface area contributed by atoms with Crippen molar-refractivity contribution in [2.75, 3.05) is 0 Å². The van der Waals surface area contributed by atoms with E-state index < -0.39 is 5.41 Å². The Morgan fingerprint density at radius 1 is 0.500 bits per heavy atom. The first-order chi connectivity index (χ1) is 12.6. The molecule has 3 rings (SSSR count). The molecule has 0 bridgehead atoms. The van der Waals surface area contributed by atoms with E-state index in [1.807, 2.05) is 72.8 Å². The van der Waals surface area contributed by atoms with Gasteiger partial charge in [-0.15, -0.1) is 0 Å². The first-order valence-corrected chi connectivity index (χ1v) is 8.03. The number of benzene rings is 3. The van der Waals surface area contributed by atoms with Gasteiger partial charge in [0, 0.05) is 5.41 Å². The van der Waals surface area contributed by atoms with Crippen molar-refractivity contribution in [2.24, 2.45) is 17.7 Å². The zero-order valence-corrected chi connectivity index (χ0v) is 14.4. The van der Waals surface area contributed by atoms with E-state index in [0.717, 1.165) is 16.7 Å². The fourth-order valence-corrected chi connectivity index (χ4v) is 3.10. The Balaban J connectivity index is 2.15.